The Bertz CT molecular complexity index is 462. The molecule has 0 amide bonds. The third-order valence-electron chi connectivity index (χ3n) is 1.66. The average molecular weight is 238 g/mol. The van der Waals surface area contributed by atoms with Crippen molar-refractivity contribution in [2.24, 2.45) is 7.05 Å². The van der Waals surface area contributed by atoms with Crippen LogP contribution in [0, 0.1) is 0 Å². The molecule has 0 saturated heterocycles. The lowest BCUT2D eigenvalue weighted by atomic mass is 10.4. The highest BCUT2D eigenvalue weighted by atomic mass is 35.7. The molecule has 0 atom stereocenters. The summed E-state index contributed by atoms with van der Waals surface area (Å²) in [6.07, 6.45) is 1.24. The van der Waals surface area contributed by atoms with E-state index in [0.29, 0.717) is 0 Å². The summed E-state index contributed by atoms with van der Waals surface area (Å²) in [6, 6.07) is 1.16. The first kappa shape index (κ1) is 11.1. The number of halogens is 1. The normalized spacial score (nSPS) is 11.4. The lowest BCUT2D eigenvalue weighted by Crippen LogP contribution is -2.06. The van der Waals surface area contributed by atoms with Gasteiger partial charge in [0.1, 0.15) is 10.6 Å². The molecule has 0 bridgehead atoms. The van der Waals surface area contributed by atoms with Gasteiger partial charge in [0.15, 0.2) is 0 Å². The summed E-state index contributed by atoms with van der Waals surface area (Å²) in [5, 5.41) is 0. The molecular weight excluding hydrogens is 230 g/mol. The molecule has 0 saturated carbocycles. The molecule has 0 fully saturated rings. The maximum atomic E-state index is 11.1. The molecule has 0 N–H and O–H groups in total. The lowest BCUT2D eigenvalue weighted by molar-refractivity contribution is 0.0590. The molecule has 5 nitrogen and oxygen atoms in total. The number of esters is 1. The highest BCUT2D eigenvalue weighted by Gasteiger charge is 2.18. The fourth-order valence-corrected chi connectivity index (χ4v) is 1.76. The molecule has 1 rings (SSSR count). The van der Waals surface area contributed by atoms with Crippen molar-refractivity contribution in [3.63, 3.8) is 0 Å². The second-order valence-electron chi connectivity index (χ2n) is 2.60. The van der Waals surface area contributed by atoms with Crippen molar-refractivity contribution in [3.8, 4) is 0 Å². The van der Waals surface area contributed by atoms with Gasteiger partial charge < -0.3 is 9.30 Å². The van der Waals surface area contributed by atoms with Crippen LogP contribution in [-0.2, 0) is 20.8 Å². The van der Waals surface area contributed by atoms with E-state index in [2.05, 4.69) is 4.74 Å². The smallest absolute Gasteiger partial charge is 0.354 e. The zero-order valence-electron chi connectivity index (χ0n) is 7.52. The number of methoxy groups -OCH3 is 1. The van der Waals surface area contributed by atoms with Gasteiger partial charge in [0.2, 0.25) is 0 Å². The molecule has 0 aromatic carbocycles. The van der Waals surface area contributed by atoms with E-state index in [-0.39, 0.29) is 10.6 Å². The monoisotopic (exact) mass is 237 g/mol. The highest BCUT2D eigenvalue weighted by molar-refractivity contribution is 8.13. The number of nitrogens with zero attached hydrogens (tertiary/aromatic N) is 1. The minimum atomic E-state index is -3.80. The summed E-state index contributed by atoms with van der Waals surface area (Å²) < 4.78 is 27.6. The standard InChI is InChI=1S/C7H8ClNO4S/c1-9-4-5(14(8,11)12)3-6(9)7(10)13-2/h3-4H,1-2H3. The van der Waals surface area contributed by atoms with Crippen molar-refractivity contribution in [1.29, 1.82) is 0 Å². The maximum Gasteiger partial charge on any atom is 0.354 e. The van der Waals surface area contributed by atoms with Gasteiger partial charge >= 0.3 is 5.97 Å². The highest BCUT2D eigenvalue weighted by Crippen LogP contribution is 2.17. The van der Waals surface area contributed by atoms with Crippen LogP contribution in [0.1, 0.15) is 10.5 Å². The first-order valence-corrected chi connectivity index (χ1v) is 5.86. The average Bonchev–Trinajstić information content (AvgIpc) is 2.45. The Balaban J connectivity index is 3.25. The Morgan fingerprint density at radius 1 is 1.57 bits per heavy atom. The van der Waals surface area contributed by atoms with Crippen LogP contribution in [0.3, 0.4) is 0 Å². The predicted molar refractivity (Wildman–Crippen MR) is 49.8 cm³/mol. The first-order valence-electron chi connectivity index (χ1n) is 3.55. The Hall–Kier alpha value is -1.01. The van der Waals surface area contributed by atoms with E-state index in [1.165, 1.54) is 24.9 Å². The third-order valence-corrected chi connectivity index (χ3v) is 2.98. The Labute approximate surface area is 85.7 Å². The van der Waals surface area contributed by atoms with Crippen molar-refractivity contribution < 1.29 is 17.9 Å². The number of carbonyl (C=O) groups excluding carboxylic acids is 1. The molecule has 0 spiro atoms. The van der Waals surface area contributed by atoms with Gasteiger partial charge in [-0.2, -0.15) is 0 Å². The second-order valence-corrected chi connectivity index (χ2v) is 5.17. The van der Waals surface area contributed by atoms with E-state index in [9.17, 15) is 13.2 Å². The molecule has 0 aliphatic carbocycles. The molecule has 0 aliphatic heterocycles. The van der Waals surface area contributed by atoms with Crippen molar-refractivity contribution in [3.05, 3.63) is 18.0 Å². The summed E-state index contributed by atoms with van der Waals surface area (Å²) in [5.41, 5.74) is 0.131. The number of aryl methyl sites for hydroxylation is 1. The topological polar surface area (TPSA) is 65.4 Å². The van der Waals surface area contributed by atoms with Gasteiger partial charge in [-0.25, -0.2) is 13.2 Å². The van der Waals surface area contributed by atoms with E-state index in [1.807, 2.05) is 0 Å². The second kappa shape index (κ2) is 3.62. The van der Waals surface area contributed by atoms with Crippen LogP contribution in [0.2, 0.25) is 0 Å². The maximum absolute atomic E-state index is 11.1. The number of ether oxygens (including phenoxy) is 1. The lowest BCUT2D eigenvalue weighted by Gasteiger charge is -1.98. The van der Waals surface area contributed by atoms with Crippen LogP contribution in [0.5, 0.6) is 0 Å². The predicted octanol–water partition coefficient (Wildman–Crippen LogP) is 0.739. The number of rotatable bonds is 2. The van der Waals surface area contributed by atoms with Crippen LogP contribution in [0.25, 0.3) is 0 Å². The molecular formula is C7H8ClNO4S. The minimum absolute atomic E-state index is 0.123. The van der Waals surface area contributed by atoms with Crippen LogP contribution in [0.4, 0.5) is 0 Å². The molecule has 0 aliphatic rings. The van der Waals surface area contributed by atoms with E-state index >= 15 is 0 Å². The minimum Gasteiger partial charge on any atom is -0.464 e. The fraction of sp³-hybridized carbons (Fsp3) is 0.286. The molecule has 7 heteroatoms. The molecule has 1 heterocycles. The third kappa shape index (κ3) is 2.08. The quantitative estimate of drug-likeness (QED) is 0.562. The van der Waals surface area contributed by atoms with Crippen LogP contribution < -0.4 is 0 Å². The van der Waals surface area contributed by atoms with Gasteiger partial charge in [-0.1, -0.05) is 0 Å². The van der Waals surface area contributed by atoms with E-state index in [4.69, 9.17) is 10.7 Å². The fourth-order valence-electron chi connectivity index (χ4n) is 0.975. The summed E-state index contributed by atoms with van der Waals surface area (Å²) in [4.78, 5) is 11.0. The van der Waals surface area contributed by atoms with Crippen LogP contribution >= 0.6 is 10.7 Å². The van der Waals surface area contributed by atoms with Gasteiger partial charge in [0, 0.05) is 23.9 Å². The van der Waals surface area contributed by atoms with Crippen molar-refractivity contribution in [1.82, 2.24) is 4.57 Å². The van der Waals surface area contributed by atoms with Crippen LogP contribution in [0.15, 0.2) is 17.2 Å². The number of hydrogen-bond donors (Lipinski definition) is 0. The summed E-state index contributed by atoms with van der Waals surface area (Å²) in [7, 11) is 4.03. The van der Waals surface area contributed by atoms with Crippen LogP contribution in [-0.4, -0.2) is 26.1 Å². The van der Waals surface area contributed by atoms with Crippen molar-refractivity contribution in [2.75, 3.05) is 7.11 Å². The SMILES string of the molecule is COC(=O)c1cc(S(=O)(=O)Cl)cn1C. The molecule has 1 aromatic heterocycles. The Morgan fingerprint density at radius 2 is 2.14 bits per heavy atom. The number of carbonyl (C=O) groups is 1. The zero-order chi connectivity index (χ0) is 10.9. The van der Waals surface area contributed by atoms with Gasteiger partial charge in [0.25, 0.3) is 9.05 Å². The first-order chi connectivity index (χ1) is 6.36. The molecule has 78 valence electrons. The molecule has 1 aromatic rings. The van der Waals surface area contributed by atoms with E-state index in [0.717, 1.165) is 6.07 Å². The zero-order valence-corrected chi connectivity index (χ0v) is 9.09. The van der Waals surface area contributed by atoms with Gasteiger partial charge in [-0.15, -0.1) is 0 Å². The molecule has 0 unspecified atom stereocenters. The number of hydrogen-bond acceptors (Lipinski definition) is 4. The van der Waals surface area contributed by atoms with Gasteiger partial charge in [0.05, 0.1) is 7.11 Å². The largest absolute Gasteiger partial charge is 0.464 e. The summed E-state index contributed by atoms with van der Waals surface area (Å²) in [5.74, 6) is -0.612. The summed E-state index contributed by atoms with van der Waals surface area (Å²) >= 11 is 0. The number of aromatic nitrogens is 1. The summed E-state index contributed by atoms with van der Waals surface area (Å²) in [6.45, 7) is 0. The Morgan fingerprint density at radius 3 is 2.50 bits per heavy atom. The van der Waals surface area contributed by atoms with Crippen molar-refractivity contribution in [2.45, 2.75) is 4.90 Å². The van der Waals surface area contributed by atoms with Crippen molar-refractivity contribution >= 4 is 25.7 Å². The molecule has 0 radical (unpaired) electrons. The molecule has 14 heavy (non-hydrogen) atoms. The van der Waals surface area contributed by atoms with Gasteiger partial charge in [-0.3, -0.25) is 0 Å². The Kier molecular flexibility index (Phi) is 2.86. The van der Waals surface area contributed by atoms with Gasteiger partial charge in [-0.05, 0) is 6.07 Å². The van der Waals surface area contributed by atoms with E-state index < -0.39 is 15.0 Å². The van der Waals surface area contributed by atoms with E-state index in [1.54, 1.807) is 0 Å².